The monoisotopic (exact) mass is 404 g/mol. The number of anilines is 2. The van der Waals surface area contributed by atoms with Gasteiger partial charge in [-0.05, 0) is 24.0 Å². The first-order chi connectivity index (χ1) is 13.6. The van der Waals surface area contributed by atoms with E-state index in [1.54, 1.807) is 45.0 Å². The number of urea groups is 1. The van der Waals surface area contributed by atoms with Crippen LogP contribution < -0.4 is 20.9 Å². The van der Waals surface area contributed by atoms with Crippen LogP contribution >= 0.6 is 0 Å². The summed E-state index contributed by atoms with van der Waals surface area (Å²) in [7, 11) is 0. The Morgan fingerprint density at radius 3 is 2.38 bits per heavy atom. The summed E-state index contributed by atoms with van der Waals surface area (Å²) < 4.78 is 0. The third kappa shape index (κ3) is 5.24. The van der Waals surface area contributed by atoms with Crippen LogP contribution in [0.4, 0.5) is 16.2 Å². The molecule has 4 N–H and O–H groups in total. The number of aliphatic carboxylic acids is 1. The number of fused-ring (bicyclic) bond motifs is 1. The molecule has 0 bridgehead atoms. The van der Waals surface area contributed by atoms with E-state index in [-0.39, 0.29) is 24.3 Å². The van der Waals surface area contributed by atoms with Gasteiger partial charge in [-0.15, -0.1) is 0 Å². The van der Waals surface area contributed by atoms with Crippen LogP contribution in [0.2, 0.25) is 0 Å². The summed E-state index contributed by atoms with van der Waals surface area (Å²) in [6.45, 7) is 6.88. The van der Waals surface area contributed by atoms with Gasteiger partial charge in [-0.1, -0.05) is 46.2 Å². The van der Waals surface area contributed by atoms with Crippen LogP contribution in [0, 0.1) is 11.8 Å². The van der Waals surface area contributed by atoms with Gasteiger partial charge in [-0.2, -0.15) is 0 Å². The number of rotatable bonds is 7. The highest BCUT2D eigenvalue weighted by molar-refractivity contribution is 6.10. The van der Waals surface area contributed by atoms with Crippen molar-refractivity contribution in [3.05, 3.63) is 24.3 Å². The van der Waals surface area contributed by atoms with Crippen LogP contribution in [0.15, 0.2) is 24.3 Å². The number of benzene rings is 1. The molecule has 9 nitrogen and oxygen atoms in total. The fourth-order valence-corrected chi connectivity index (χ4v) is 3.08. The Kier molecular flexibility index (Phi) is 7.19. The third-order valence-corrected chi connectivity index (χ3v) is 5.02. The Morgan fingerprint density at radius 2 is 1.79 bits per heavy atom. The minimum Gasteiger partial charge on any atom is -0.480 e. The van der Waals surface area contributed by atoms with Crippen LogP contribution in [0.1, 0.15) is 34.1 Å². The Balaban J connectivity index is 2.22. The van der Waals surface area contributed by atoms with E-state index in [1.165, 1.54) is 4.90 Å². The first-order valence-electron chi connectivity index (χ1n) is 9.65. The van der Waals surface area contributed by atoms with Gasteiger partial charge in [0.1, 0.15) is 18.6 Å². The fraction of sp³-hybridized carbons (Fsp3) is 0.500. The summed E-state index contributed by atoms with van der Waals surface area (Å²) in [6, 6.07) is 4.28. The number of amides is 4. The first kappa shape index (κ1) is 22.2. The highest BCUT2D eigenvalue weighted by Gasteiger charge is 2.34. The molecule has 0 radical (unpaired) electrons. The van der Waals surface area contributed by atoms with Crippen molar-refractivity contribution in [1.29, 1.82) is 0 Å². The Bertz CT molecular complexity index is 795. The van der Waals surface area contributed by atoms with Gasteiger partial charge >= 0.3 is 12.0 Å². The molecular weight excluding hydrogens is 376 g/mol. The molecule has 0 aliphatic carbocycles. The molecular formula is C20H28N4O5. The summed E-state index contributed by atoms with van der Waals surface area (Å²) in [6.07, 6.45) is 0.592. The summed E-state index contributed by atoms with van der Waals surface area (Å²) in [5, 5.41) is 17.2. The molecule has 0 saturated carbocycles. The maximum atomic E-state index is 12.9. The maximum Gasteiger partial charge on any atom is 0.326 e. The molecule has 0 aromatic heterocycles. The summed E-state index contributed by atoms with van der Waals surface area (Å²) in [4.78, 5) is 50.4. The molecule has 9 heteroatoms. The zero-order chi connectivity index (χ0) is 21.7. The molecule has 1 aromatic carbocycles. The van der Waals surface area contributed by atoms with Crippen LogP contribution in [0.25, 0.3) is 0 Å². The largest absolute Gasteiger partial charge is 0.480 e. The topological polar surface area (TPSA) is 128 Å². The molecule has 1 aromatic rings. The van der Waals surface area contributed by atoms with Crippen LogP contribution in [0.5, 0.6) is 0 Å². The molecule has 0 spiro atoms. The second-order valence-electron chi connectivity index (χ2n) is 7.53. The van der Waals surface area contributed by atoms with E-state index in [9.17, 15) is 24.3 Å². The van der Waals surface area contributed by atoms with E-state index in [2.05, 4.69) is 16.0 Å². The van der Waals surface area contributed by atoms with Crippen molar-refractivity contribution in [2.45, 2.75) is 46.2 Å². The third-order valence-electron chi connectivity index (χ3n) is 5.02. The minimum absolute atomic E-state index is 0.179. The molecule has 158 valence electrons. The maximum absolute atomic E-state index is 12.9. The number of hydrogen-bond acceptors (Lipinski definition) is 4. The molecule has 4 amide bonds. The lowest BCUT2D eigenvalue weighted by atomic mass is 9.97. The molecule has 3 atom stereocenters. The van der Waals surface area contributed by atoms with Crippen molar-refractivity contribution in [2.75, 3.05) is 16.8 Å². The zero-order valence-electron chi connectivity index (χ0n) is 17.1. The number of carbonyl (C=O) groups excluding carboxylic acids is 3. The van der Waals surface area contributed by atoms with E-state index >= 15 is 0 Å². The standard InChI is InChI=1S/C20H28N4O5/c1-5-12(4)17(18(26)22-16(11(2)3)19(27)28)23-20(29)24-10-15(25)21-13-8-6-7-9-14(13)24/h6-9,11-12,16-17H,5,10H2,1-4H3,(H,21,25)(H,22,26)(H,23,29)(H,27,28)/t12-,16+,17+/m1/s1. The highest BCUT2D eigenvalue weighted by Crippen LogP contribution is 2.29. The van der Waals surface area contributed by atoms with Crippen LogP contribution in [-0.4, -0.2) is 47.5 Å². The second kappa shape index (κ2) is 9.40. The predicted molar refractivity (Wildman–Crippen MR) is 109 cm³/mol. The van der Waals surface area contributed by atoms with E-state index in [0.717, 1.165) is 0 Å². The number of para-hydroxylation sites is 2. The van der Waals surface area contributed by atoms with Gasteiger partial charge < -0.3 is 21.1 Å². The van der Waals surface area contributed by atoms with E-state index in [0.29, 0.717) is 17.8 Å². The van der Waals surface area contributed by atoms with E-state index in [1.807, 2.05) is 6.92 Å². The fourth-order valence-electron chi connectivity index (χ4n) is 3.08. The van der Waals surface area contributed by atoms with Crippen molar-refractivity contribution in [1.82, 2.24) is 10.6 Å². The van der Waals surface area contributed by atoms with Crippen molar-refractivity contribution >= 4 is 35.2 Å². The summed E-state index contributed by atoms with van der Waals surface area (Å²) in [5.41, 5.74) is 1.03. The number of nitrogens with zero attached hydrogens (tertiary/aromatic N) is 1. The lowest BCUT2D eigenvalue weighted by Crippen LogP contribution is -2.58. The number of carbonyl (C=O) groups is 4. The lowest BCUT2D eigenvalue weighted by Gasteiger charge is -2.32. The minimum atomic E-state index is -1.13. The number of nitrogens with one attached hydrogen (secondary N) is 3. The molecule has 2 rings (SSSR count). The van der Waals surface area contributed by atoms with Crippen LogP contribution in [0.3, 0.4) is 0 Å². The summed E-state index contributed by atoms with van der Waals surface area (Å²) >= 11 is 0. The lowest BCUT2D eigenvalue weighted by molar-refractivity contribution is -0.143. The van der Waals surface area contributed by atoms with Gasteiger partial charge in [0, 0.05) is 0 Å². The molecule has 1 heterocycles. The number of carboxylic acids is 1. The molecule has 1 aliphatic rings. The normalized spacial score (nSPS) is 16.3. The SMILES string of the molecule is CC[C@@H](C)[C@H](NC(=O)N1CC(=O)Nc2ccccc21)C(=O)N[C@H](C(=O)O)C(C)C. The number of hydrogen-bond donors (Lipinski definition) is 4. The predicted octanol–water partition coefficient (Wildman–Crippen LogP) is 1.79. The smallest absolute Gasteiger partial charge is 0.326 e. The molecule has 0 unspecified atom stereocenters. The zero-order valence-corrected chi connectivity index (χ0v) is 17.1. The van der Waals surface area contributed by atoms with Gasteiger partial charge in [-0.25, -0.2) is 9.59 Å². The highest BCUT2D eigenvalue weighted by atomic mass is 16.4. The van der Waals surface area contributed by atoms with Gasteiger partial charge in [0.2, 0.25) is 11.8 Å². The number of carboxylic acid groups (broad SMARTS) is 1. The Morgan fingerprint density at radius 1 is 1.14 bits per heavy atom. The molecule has 29 heavy (non-hydrogen) atoms. The van der Waals surface area contributed by atoms with E-state index in [4.69, 9.17) is 0 Å². The van der Waals surface area contributed by atoms with Crippen molar-refractivity contribution < 1.29 is 24.3 Å². The van der Waals surface area contributed by atoms with Crippen molar-refractivity contribution in [2.24, 2.45) is 11.8 Å². The molecule has 0 fully saturated rings. The average molecular weight is 404 g/mol. The average Bonchev–Trinajstić information content (AvgIpc) is 2.67. The van der Waals surface area contributed by atoms with Crippen molar-refractivity contribution in [3.8, 4) is 0 Å². The molecule has 0 saturated heterocycles. The van der Waals surface area contributed by atoms with E-state index < -0.39 is 30.0 Å². The Hall–Kier alpha value is -3.10. The van der Waals surface area contributed by atoms with Gasteiger partial charge in [0.15, 0.2) is 0 Å². The van der Waals surface area contributed by atoms with Crippen LogP contribution in [-0.2, 0) is 14.4 Å². The molecule has 1 aliphatic heterocycles. The van der Waals surface area contributed by atoms with Gasteiger partial charge in [-0.3, -0.25) is 14.5 Å². The van der Waals surface area contributed by atoms with Crippen molar-refractivity contribution in [3.63, 3.8) is 0 Å². The second-order valence-corrected chi connectivity index (χ2v) is 7.53. The van der Waals surface area contributed by atoms with Gasteiger partial charge in [0.25, 0.3) is 0 Å². The Labute approximate surface area is 169 Å². The van der Waals surface area contributed by atoms with Gasteiger partial charge in [0.05, 0.1) is 11.4 Å². The first-order valence-corrected chi connectivity index (χ1v) is 9.65. The summed E-state index contributed by atoms with van der Waals surface area (Å²) in [5.74, 6) is -2.60. The quantitative estimate of drug-likeness (QED) is 0.551.